The highest BCUT2D eigenvalue weighted by Gasteiger charge is 2.19. The van der Waals surface area contributed by atoms with Crippen LogP contribution in [0.4, 0.5) is 10.1 Å². The minimum absolute atomic E-state index is 0.0972. The lowest BCUT2D eigenvalue weighted by molar-refractivity contribution is 0.102. The predicted molar refractivity (Wildman–Crippen MR) is 78.1 cm³/mol. The molecule has 1 heterocycles. The van der Waals surface area contributed by atoms with Gasteiger partial charge in [-0.1, -0.05) is 0 Å². The number of aromatic nitrogens is 1. The number of hydrogen-bond donors (Lipinski definition) is 2. The maximum atomic E-state index is 12.8. The SMILES string of the molecule is O=C(Nc1ccc(F)cc1)c1c[nH]c2c(c1=O)CCCC2. The number of carbonyl (C=O) groups excluding carboxylic acids is 1. The standard InChI is InChI=1S/C16H15FN2O2/c17-10-5-7-11(8-6-10)19-16(21)13-9-18-14-4-2-1-3-12(14)15(13)20/h5-9H,1-4H2,(H,18,20)(H,19,21). The Morgan fingerprint density at radius 2 is 1.86 bits per heavy atom. The van der Waals surface area contributed by atoms with Crippen LogP contribution in [0.3, 0.4) is 0 Å². The number of carbonyl (C=O) groups is 1. The van der Waals surface area contributed by atoms with Crippen LogP contribution in [0.5, 0.6) is 0 Å². The highest BCUT2D eigenvalue weighted by molar-refractivity contribution is 6.04. The summed E-state index contributed by atoms with van der Waals surface area (Å²) in [6.07, 6.45) is 5.06. The topological polar surface area (TPSA) is 62.0 Å². The summed E-state index contributed by atoms with van der Waals surface area (Å²) in [5, 5.41) is 2.61. The molecule has 2 aromatic rings. The van der Waals surface area contributed by atoms with Gasteiger partial charge in [-0.05, 0) is 49.9 Å². The van der Waals surface area contributed by atoms with Crippen LogP contribution in [-0.2, 0) is 12.8 Å². The molecule has 1 aliphatic carbocycles. The van der Waals surface area contributed by atoms with Crippen molar-refractivity contribution in [2.45, 2.75) is 25.7 Å². The third kappa shape index (κ3) is 2.72. The van der Waals surface area contributed by atoms with E-state index in [-0.39, 0.29) is 16.8 Å². The highest BCUT2D eigenvalue weighted by atomic mass is 19.1. The van der Waals surface area contributed by atoms with E-state index < -0.39 is 5.91 Å². The van der Waals surface area contributed by atoms with Gasteiger partial charge in [0.2, 0.25) is 0 Å². The fourth-order valence-electron chi connectivity index (χ4n) is 2.60. The number of anilines is 1. The summed E-state index contributed by atoms with van der Waals surface area (Å²) in [7, 11) is 0. The maximum absolute atomic E-state index is 12.8. The Morgan fingerprint density at radius 1 is 1.14 bits per heavy atom. The first-order valence-corrected chi connectivity index (χ1v) is 6.95. The normalized spacial score (nSPS) is 13.6. The van der Waals surface area contributed by atoms with Crippen LogP contribution in [0.25, 0.3) is 0 Å². The Hall–Kier alpha value is -2.43. The number of amides is 1. The van der Waals surface area contributed by atoms with Gasteiger partial charge in [-0.25, -0.2) is 4.39 Å². The minimum atomic E-state index is -0.476. The largest absolute Gasteiger partial charge is 0.364 e. The van der Waals surface area contributed by atoms with Crippen LogP contribution >= 0.6 is 0 Å². The molecular weight excluding hydrogens is 271 g/mol. The van der Waals surface area contributed by atoms with Crippen molar-refractivity contribution in [1.29, 1.82) is 0 Å². The Bertz CT molecular complexity index is 735. The number of benzene rings is 1. The van der Waals surface area contributed by atoms with E-state index >= 15 is 0 Å². The summed E-state index contributed by atoms with van der Waals surface area (Å²) in [5.74, 6) is -0.851. The molecule has 2 N–H and O–H groups in total. The molecule has 0 saturated heterocycles. The first kappa shape index (κ1) is 13.5. The molecule has 0 bridgehead atoms. The number of halogens is 1. The van der Waals surface area contributed by atoms with Gasteiger partial charge in [0, 0.05) is 23.1 Å². The summed E-state index contributed by atoms with van der Waals surface area (Å²) in [4.78, 5) is 27.6. The van der Waals surface area contributed by atoms with Gasteiger partial charge in [0.05, 0.1) is 0 Å². The van der Waals surface area contributed by atoms with Crippen molar-refractivity contribution in [3.63, 3.8) is 0 Å². The summed E-state index contributed by atoms with van der Waals surface area (Å²) in [6, 6.07) is 5.43. The van der Waals surface area contributed by atoms with E-state index in [1.807, 2.05) is 0 Å². The van der Waals surface area contributed by atoms with E-state index in [4.69, 9.17) is 0 Å². The monoisotopic (exact) mass is 286 g/mol. The molecule has 1 aliphatic rings. The van der Waals surface area contributed by atoms with Gasteiger partial charge in [-0.3, -0.25) is 9.59 Å². The molecule has 1 amide bonds. The fourth-order valence-corrected chi connectivity index (χ4v) is 2.60. The van der Waals surface area contributed by atoms with Crippen LogP contribution in [0.2, 0.25) is 0 Å². The van der Waals surface area contributed by atoms with Crippen molar-refractivity contribution in [3.05, 3.63) is 63.3 Å². The molecule has 0 aliphatic heterocycles. The van der Waals surface area contributed by atoms with Gasteiger partial charge < -0.3 is 10.3 Å². The third-order valence-electron chi connectivity index (χ3n) is 3.72. The molecule has 0 atom stereocenters. The van der Waals surface area contributed by atoms with Crippen LogP contribution in [0.15, 0.2) is 35.3 Å². The molecular formula is C16H15FN2O2. The first-order valence-electron chi connectivity index (χ1n) is 6.95. The molecule has 3 rings (SSSR count). The Kier molecular flexibility index (Phi) is 3.56. The molecule has 5 heteroatoms. The Morgan fingerprint density at radius 3 is 2.62 bits per heavy atom. The van der Waals surface area contributed by atoms with Gasteiger partial charge in [0.15, 0.2) is 5.43 Å². The molecule has 0 unspecified atom stereocenters. The quantitative estimate of drug-likeness (QED) is 0.891. The molecule has 0 spiro atoms. The smallest absolute Gasteiger partial charge is 0.261 e. The van der Waals surface area contributed by atoms with Crippen molar-refractivity contribution in [3.8, 4) is 0 Å². The fraction of sp³-hybridized carbons (Fsp3) is 0.250. The van der Waals surface area contributed by atoms with E-state index in [1.54, 1.807) is 0 Å². The Labute approximate surface area is 121 Å². The lowest BCUT2D eigenvalue weighted by Gasteiger charge is -2.15. The molecule has 1 aromatic heterocycles. The molecule has 0 fully saturated rings. The summed E-state index contributed by atoms with van der Waals surface area (Å²) < 4.78 is 12.8. The summed E-state index contributed by atoms with van der Waals surface area (Å²) in [6.45, 7) is 0. The van der Waals surface area contributed by atoms with Gasteiger partial charge in [-0.15, -0.1) is 0 Å². The van der Waals surface area contributed by atoms with E-state index in [0.717, 1.165) is 25.0 Å². The lowest BCUT2D eigenvalue weighted by Crippen LogP contribution is -2.27. The second kappa shape index (κ2) is 5.52. The van der Waals surface area contributed by atoms with Crippen molar-refractivity contribution in [2.75, 3.05) is 5.32 Å². The number of hydrogen-bond acceptors (Lipinski definition) is 2. The van der Waals surface area contributed by atoms with Gasteiger partial charge in [0.1, 0.15) is 11.4 Å². The number of aromatic amines is 1. The Balaban J connectivity index is 1.88. The molecule has 108 valence electrons. The average Bonchev–Trinajstić information content (AvgIpc) is 2.50. The molecule has 0 saturated carbocycles. The average molecular weight is 286 g/mol. The molecule has 1 aromatic carbocycles. The maximum Gasteiger partial charge on any atom is 0.261 e. The van der Waals surface area contributed by atoms with Crippen molar-refractivity contribution in [1.82, 2.24) is 4.98 Å². The van der Waals surface area contributed by atoms with Crippen LogP contribution in [0.1, 0.15) is 34.5 Å². The lowest BCUT2D eigenvalue weighted by atomic mass is 9.94. The van der Waals surface area contributed by atoms with Gasteiger partial charge in [0.25, 0.3) is 5.91 Å². The number of aryl methyl sites for hydroxylation is 1. The van der Waals surface area contributed by atoms with Gasteiger partial charge in [-0.2, -0.15) is 0 Å². The second-order valence-corrected chi connectivity index (χ2v) is 5.16. The number of fused-ring (bicyclic) bond motifs is 1. The number of rotatable bonds is 2. The second-order valence-electron chi connectivity index (χ2n) is 5.16. The van der Waals surface area contributed by atoms with E-state index in [0.29, 0.717) is 17.7 Å². The summed E-state index contributed by atoms with van der Waals surface area (Å²) >= 11 is 0. The first-order chi connectivity index (χ1) is 10.1. The van der Waals surface area contributed by atoms with Crippen LogP contribution in [0, 0.1) is 5.82 Å². The van der Waals surface area contributed by atoms with Crippen molar-refractivity contribution in [2.24, 2.45) is 0 Å². The third-order valence-corrected chi connectivity index (χ3v) is 3.72. The number of H-pyrrole nitrogens is 1. The number of nitrogens with one attached hydrogen (secondary N) is 2. The molecule has 21 heavy (non-hydrogen) atoms. The van der Waals surface area contributed by atoms with Gasteiger partial charge >= 0.3 is 0 Å². The van der Waals surface area contributed by atoms with Crippen molar-refractivity contribution < 1.29 is 9.18 Å². The van der Waals surface area contributed by atoms with E-state index in [2.05, 4.69) is 10.3 Å². The van der Waals surface area contributed by atoms with Crippen LogP contribution < -0.4 is 10.7 Å². The number of pyridine rings is 1. The van der Waals surface area contributed by atoms with E-state index in [9.17, 15) is 14.0 Å². The zero-order valence-electron chi connectivity index (χ0n) is 11.4. The van der Waals surface area contributed by atoms with Crippen LogP contribution in [-0.4, -0.2) is 10.9 Å². The highest BCUT2D eigenvalue weighted by Crippen LogP contribution is 2.17. The molecule has 4 nitrogen and oxygen atoms in total. The zero-order chi connectivity index (χ0) is 14.8. The van der Waals surface area contributed by atoms with Crippen molar-refractivity contribution >= 4 is 11.6 Å². The zero-order valence-corrected chi connectivity index (χ0v) is 11.4. The predicted octanol–water partition coefficient (Wildman–Crippen LogP) is 2.65. The summed E-state index contributed by atoms with van der Waals surface area (Å²) in [5.41, 5.74) is 2.00. The van der Waals surface area contributed by atoms with E-state index in [1.165, 1.54) is 30.5 Å². The minimum Gasteiger partial charge on any atom is -0.364 e. The molecule has 0 radical (unpaired) electrons.